The van der Waals surface area contributed by atoms with Gasteiger partial charge in [-0.15, -0.1) is 6.58 Å². The number of rotatable bonds is 10. The molecule has 1 saturated carbocycles. The van der Waals surface area contributed by atoms with E-state index in [-0.39, 0.29) is 0 Å². The second-order valence-corrected chi connectivity index (χ2v) is 7.27. The van der Waals surface area contributed by atoms with Crippen LogP contribution < -0.4 is 4.72 Å². The fourth-order valence-electron chi connectivity index (χ4n) is 2.28. The molecule has 0 aromatic heterocycles. The lowest BCUT2D eigenvalue weighted by molar-refractivity contribution is 0.201. The number of carboxylic acid groups (broad SMARTS) is 1. The predicted octanol–water partition coefficient (Wildman–Crippen LogP) is 3.03. The summed E-state index contributed by atoms with van der Waals surface area (Å²) in [5.74, 6) is 0. The van der Waals surface area contributed by atoms with Crippen molar-refractivity contribution in [3.8, 4) is 0 Å². The van der Waals surface area contributed by atoms with Gasteiger partial charge in [0.05, 0.1) is 4.75 Å². The molecule has 0 saturated heterocycles. The molecule has 5 nitrogen and oxygen atoms in total. The average molecular weight is 289 g/mol. The molecule has 0 radical (unpaired) electrons. The topological polar surface area (TPSA) is 83.5 Å². The first-order chi connectivity index (χ1) is 8.93. The highest BCUT2D eigenvalue weighted by Gasteiger charge is 2.54. The van der Waals surface area contributed by atoms with Crippen LogP contribution in [0.3, 0.4) is 0 Å². The second kappa shape index (κ2) is 6.93. The lowest BCUT2D eigenvalue weighted by Gasteiger charge is -2.15. The SMILES string of the molecule is C=CCCCCCCCC1(S(=O)(=O)NC(=O)O)CC1. The fourth-order valence-corrected chi connectivity index (χ4v) is 3.78. The molecule has 1 amide bonds. The standard InChI is InChI=1S/C13H23NO4S/c1-2-3-4-5-6-7-8-9-13(10-11-13)19(17,18)14-12(15)16/h2,14H,1,3-11H2,(H,15,16). The Labute approximate surface area is 115 Å². The van der Waals surface area contributed by atoms with Gasteiger partial charge in [-0.3, -0.25) is 0 Å². The molecule has 0 atom stereocenters. The summed E-state index contributed by atoms with van der Waals surface area (Å²) in [6.45, 7) is 3.66. The smallest absolute Gasteiger partial charge is 0.418 e. The van der Waals surface area contributed by atoms with E-state index < -0.39 is 20.9 Å². The van der Waals surface area contributed by atoms with Crippen LogP contribution in [-0.2, 0) is 10.0 Å². The van der Waals surface area contributed by atoms with Crippen molar-refractivity contribution >= 4 is 16.1 Å². The predicted molar refractivity (Wildman–Crippen MR) is 74.6 cm³/mol. The van der Waals surface area contributed by atoms with Gasteiger partial charge in [0.25, 0.3) is 0 Å². The zero-order chi connectivity index (χ0) is 14.4. The van der Waals surface area contributed by atoms with Gasteiger partial charge in [0, 0.05) is 0 Å². The van der Waals surface area contributed by atoms with E-state index in [1.54, 1.807) is 4.72 Å². The van der Waals surface area contributed by atoms with E-state index in [1.165, 1.54) is 0 Å². The molecular formula is C13H23NO4S. The molecule has 0 bridgehead atoms. The summed E-state index contributed by atoms with van der Waals surface area (Å²) in [6, 6.07) is 0. The first-order valence-electron chi connectivity index (χ1n) is 6.80. The normalized spacial score (nSPS) is 16.8. The first kappa shape index (κ1) is 16.0. The Morgan fingerprint density at radius 1 is 1.21 bits per heavy atom. The third-order valence-corrected chi connectivity index (χ3v) is 5.84. The number of carbonyl (C=O) groups is 1. The molecule has 0 aromatic carbocycles. The van der Waals surface area contributed by atoms with Crippen molar-refractivity contribution in [2.45, 2.75) is 62.5 Å². The highest BCUT2D eigenvalue weighted by molar-refractivity contribution is 7.91. The maximum absolute atomic E-state index is 11.8. The van der Waals surface area contributed by atoms with Crippen molar-refractivity contribution in [1.29, 1.82) is 0 Å². The number of allylic oxidation sites excluding steroid dienone is 1. The van der Waals surface area contributed by atoms with Gasteiger partial charge in [0.15, 0.2) is 0 Å². The summed E-state index contributed by atoms with van der Waals surface area (Å²) < 4.78 is 24.5. The molecule has 1 fully saturated rings. The lowest BCUT2D eigenvalue weighted by Crippen LogP contribution is -2.39. The number of amides is 1. The third-order valence-electron chi connectivity index (χ3n) is 3.64. The first-order valence-corrected chi connectivity index (χ1v) is 8.28. The Morgan fingerprint density at radius 2 is 1.79 bits per heavy atom. The van der Waals surface area contributed by atoms with Crippen molar-refractivity contribution < 1.29 is 18.3 Å². The van der Waals surface area contributed by atoms with Crippen molar-refractivity contribution in [2.75, 3.05) is 0 Å². The number of sulfonamides is 1. The Bertz CT molecular complexity index is 412. The van der Waals surface area contributed by atoms with Gasteiger partial charge in [0.1, 0.15) is 0 Å². The van der Waals surface area contributed by atoms with Crippen LogP contribution in [0.25, 0.3) is 0 Å². The lowest BCUT2D eigenvalue weighted by atomic mass is 10.1. The Morgan fingerprint density at radius 3 is 2.32 bits per heavy atom. The summed E-state index contributed by atoms with van der Waals surface area (Å²) in [7, 11) is -3.71. The van der Waals surface area contributed by atoms with Crippen LogP contribution in [-0.4, -0.2) is 24.4 Å². The molecule has 1 aliphatic carbocycles. The maximum atomic E-state index is 11.8. The summed E-state index contributed by atoms with van der Waals surface area (Å²) in [6.07, 6.45) is 8.37. The Hall–Kier alpha value is -1.04. The Balaban J connectivity index is 2.25. The van der Waals surface area contributed by atoms with Crippen molar-refractivity contribution in [3.05, 3.63) is 12.7 Å². The van der Waals surface area contributed by atoms with Crippen LogP contribution in [0.15, 0.2) is 12.7 Å². The number of hydrogen-bond acceptors (Lipinski definition) is 3. The van der Waals surface area contributed by atoms with Gasteiger partial charge in [-0.1, -0.05) is 31.8 Å². The van der Waals surface area contributed by atoms with Gasteiger partial charge < -0.3 is 5.11 Å². The van der Waals surface area contributed by atoms with Crippen LogP contribution in [0.2, 0.25) is 0 Å². The zero-order valence-corrected chi connectivity index (χ0v) is 12.0. The monoisotopic (exact) mass is 289 g/mol. The molecule has 19 heavy (non-hydrogen) atoms. The summed E-state index contributed by atoms with van der Waals surface area (Å²) in [5.41, 5.74) is 0. The average Bonchev–Trinajstić information content (AvgIpc) is 3.08. The summed E-state index contributed by atoms with van der Waals surface area (Å²) in [5, 5.41) is 8.53. The molecule has 110 valence electrons. The van der Waals surface area contributed by atoms with E-state index in [0.29, 0.717) is 19.3 Å². The minimum Gasteiger partial charge on any atom is -0.464 e. The quantitative estimate of drug-likeness (QED) is 0.478. The van der Waals surface area contributed by atoms with Crippen molar-refractivity contribution in [1.82, 2.24) is 4.72 Å². The highest BCUT2D eigenvalue weighted by Crippen LogP contribution is 2.47. The van der Waals surface area contributed by atoms with E-state index in [9.17, 15) is 13.2 Å². The third kappa shape index (κ3) is 4.86. The van der Waals surface area contributed by atoms with Crippen molar-refractivity contribution in [3.63, 3.8) is 0 Å². The molecule has 1 rings (SSSR count). The molecular weight excluding hydrogens is 266 g/mol. The van der Waals surface area contributed by atoms with E-state index in [1.807, 2.05) is 6.08 Å². The molecule has 2 N–H and O–H groups in total. The molecule has 0 unspecified atom stereocenters. The van der Waals surface area contributed by atoms with Crippen LogP contribution in [0.1, 0.15) is 57.8 Å². The number of hydrogen-bond donors (Lipinski definition) is 2. The van der Waals surface area contributed by atoms with Gasteiger partial charge in [-0.25, -0.2) is 17.9 Å². The second-order valence-electron chi connectivity index (χ2n) is 5.19. The summed E-state index contributed by atoms with van der Waals surface area (Å²) in [4.78, 5) is 10.5. The van der Waals surface area contributed by atoms with Gasteiger partial charge in [-0.2, -0.15) is 0 Å². The fraction of sp³-hybridized carbons (Fsp3) is 0.769. The zero-order valence-electron chi connectivity index (χ0n) is 11.2. The minimum atomic E-state index is -3.71. The van der Waals surface area contributed by atoms with Gasteiger partial charge in [-0.05, 0) is 32.1 Å². The van der Waals surface area contributed by atoms with E-state index in [0.717, 1.165) is 38.5 Å². The molecule has 0 aliphatic heterocycles. The molecule has 0 aromatic rings. The van der Waals surface area contributed by atoms with Gasteiger partial charge >= 0.3 is 6.09 Å². The Kier molecular flexibility index (Phi) is 5.85. The largest absolute Gasteiger partial charge is 0.464 e. The van der Waals surface area contributed by atoms with Crippen LogP contribution in [0.5, 0.6) is 0 Å². The van der Waals surface area contributed by atoms with Crippen LogP contribution in [0.4, 0.5) is 4.79 Å². The number of unbranched alkanes of at least 4 members (excludes halogenated alkanes) is 5. The van der Waals surface area contributed by atoms with E-state index >= 15 is 0 Å². The van der Waals surface area contributed by atoms with Crippen molar-refractivity contribution in [2.24, 2.45) is 0 Å². The van der Waals surface area contributed by atoms with E-state index in [2.05, 4.69) is 6.58 Å². The number of nitrogens with one attached hydrogen (secondary N) is 1. The van der Waals surface area contributed by atoms with Crippen LogP contribution in [0, 0.1) is 0 Å². The maximum Gasteiger partial charge on any atom is 0.418 e. The summed E-state index contributed by atoms with van der Waals surface area (Å²) >= 11 is 0. The van der Waals surface area contributed by atoms with Gasteiger partial charge in [0.2, 0.25) is 10.0 Å². The minimum absolute atomic E-state index is 0.567. The van der Waals surface area contributed by atoms with E-state index in [4.69, 9.17) is 5.11 Å². The molecule has 0 spiro atoms. The van der Waals surface area contributed by atoms with Crippen LogP contribution >= 0.6 is 0 Å². The highest BCUT2D eigenvalue weighted by atomic mass is 32.2. The molecule has 1 aliphatic rings. The molecule has 0 heterocycles. The molecule has 6 heteroatoms.